The molecule has 0 bridgehead atoms. The van der Waals surface area contributed by atoms with Gasteiger partial charge in [0.25, 0.3) is 0 Å². The molecule has 0 saturated carbocycles. The summed E-state index contributed by atoms with van der Waals surface area (Å²) in [6.45, 7) is 20.7. The van der Waals surface area contributed by atoms with Crippen LogP contribution in [-0.2, 0) is 27.4 Å². The van der Waals surface area contributed by atoms with Crippen LogP contribution in [0.5, 0.6) is 0 Å². The van der Waals surface area contributed by atoms with Gasteiger partial charge >= 0.3 is 17.1 Å². The molecule has 0 aliphatic carbocycles. The lowest BCUT2D eigenvalue weighted by molar-refractivity contribution is -0.0340. The van der Waals surface area contributed by atoms with E-state index in [1.165, 1.54) is 5.70 Å². The zero-order valence-electron chi connectivity index (χ0n) is 20.5. The summed E-state index contributed by atoms with van der Waals surface area (Å²) in [6.07, 6.45) is 0.830. The van der Waals surface area contributed by atoms with Gasteiger partial charge in [-0.15, -0.1) is 6.58 Å². The molecule has 184 valence electrons. The summed E-state index contributed by atoms with van der Waals surface area (Å²) in [4.78, 5) is 0. The van der Waals surface area contributed by atoms with Crippen molar-refractivity contribution in [3.63, 3.8) is 0 Å². The molecule has 9 nitrogen and oxygen atoms in total. The second-order valence-electron chi connectivity index (χ2n) is 9.96. The monoisotopic (exact) mass is 480 g/mol. The highest BCUT2D eigenvalue weighted by atomic mass is 28.4. The molecule has 0 aromatic rings. The van der Waals surface area contributed by atoms with Gasteiger partial charge in [-0.3, -0.25) is 0 Å². The first-order chi connectivity index (χ1) is 14.1. The van der Waals surface area contributed by atoms with Gasteiger partial charge in [0.05, 0.1) is 18.8 Å². The van der Waals surface area contributed by atoms with E-state index in [0.717, 1.165) is 6.61 Å². The topological polar surface area (TPSA) is 131 Å². The first-order valence-electron chi connectivity index (χ1n) is 10.8. The molecular weight excluding hydrogens is 436 g/mol. The molecule has 0 spiro atoms. The Labute approximate surface area is 189 Å². The Morgan fingerprint density at radius 3 is 2.13 bits per heavy atom. The molecule has 0 amide bonds. The van der Waals surface area contributed by atoms with Gasteiger partial charge in [0, 0.05) is 17.7 Å². The van der Waals surface area contributed by atoms with Gasteiger partial charge in [0.1, 0.15) is 11.3 Å². The number of hydrogen-bond acceptors (Lipinski definition) is 9. The maximum absolute atomic E-state index is 10.8. The molecule has 31 heavy (non-hydrogen) atoms. The smallest absolute Gasteiger partial charge is 0.391 e. The first-order valence-corrected chi connectivity index (χ1v) is 14.7. The van der Waals surface area contributed by atoms with Gasteiger partial charge in [0.15, 0.2) is 0 Å². The molecule has 3 unspecified atom stereocenters. The molecule has 1 aliphatic heterocycles. The molecule has 0 aromatic carbocycles. The third kappa shape index (κ3) is 6.67. The second-order valence-corrected chi connectivity index (χ2v) is 17.1. The molecule has 1 rings (SSSR count). The lowest BCUT2D eigenvalue weighted by Gasteiger charge is -2.54. The van der Waals surface area contributed by atoms with Crippen LogP contribution in [0.1, 0.15) is 61.8 Å². The fourth-order valence-electron chi connectivity index (χ4n) is 3.52. The molecule has 1 fully saturated rings. The van der Waals surface area contributed by atoms with Crippen molar-refractivity contribution in [2.45, 2.75) is 95.9 Å². The third-order valence-electron chi connectivity index (χ3n) is 6.28. The van der Waals surface area contributed by atoms with Crippen molar-refractivity contribution in [3.8, 4) is 0 Å². The van der Waals surface area contributed by atoms with Crippen molar-refractivity contribution < 1.29 is 32.5 Å². The Morgan fingerprint density at radius 1 is 1.16 bits per heavy atom. The molecule has 0 radical (unpaired) electrons. The second kappa shape index (κ2) is 10.8. The fourth-order valence-corrected chi connectivity index (χ4v) is 9.74. The predicted octanol–water partition coefficient (Wildman–Crippen LogP) is 2.49. The van der Waals surface area contributed by atoms with Crippen LogP contribution in [0.25, 0.3) is 0 Å². The first kappa shape index (κ1) is 28.8. The summed E-state index contributed by atoms with van der Waals surface area (Å²) in [6, 6.07) is 0.599. The SMILES string of the molecule is C=C[Si](ON)(OC(C)(C)C(C)(C)[Si](CCCOCC1CO1)(ON)OC(C)C)C(C)(C)O. The van der Waals surface area contributed by atoms with Crippen molar-refractivity contribution in [1.29, 1.82) is 0 Å². The van der Waals surface area contributed by atoms with E-state index in [1.54, 1.807) is 13.8 Å². The quantitative estimate of drug-likeness (QED) is 0.132. The van der Waals surface area contributed by atoms with Gasteiger partial charge in [-0.1, -0.05) is 13.8 Å². The van der Waals surface area contributed by atoms with E-state index >= 15 is 0 Å². The lowest BCUT2D eigenvalue weighted by Crippen LogP contribution is -2.68. The molecule has 3 atom stereocenters. The predicted molar refractivity (Wildman–Crippen MR) is 124 cm³/mol. The normalized spacial score (nSPS) is 21.6. The minimum atomic E-state index is -3.44. The average Bonchev–Trinajstić information content (AvgIpc) is 3.47. The van der Waals surface area contributed by atoms with Crippen molar-refractivity contribution in [2.75, 3.05) is 19.8 Å². The van der Waals surface area contributed by atoms with Gasteiger partial charge < -0.3 is 32.5 Å². The maximum Gasteiger partial charge on any atom is 0.414 e. The van der Waals surface area contributed by atoms with E-state index in [9.17, 15) is 5.11 Å². The van der Waals surface area contributed by atoms with Gasteiger partial charge in [-0.2, -0.15) is 0 Å². The summed E-state index contributed by atoms with van der Waals surface area (Å²) in [5, 5.41) is 8.76. The summed E-state index contributed by atoms with van der Waals surface area (Å²) in [7, 11) is -6.53. The minimum Gasteiger partial charge on any atom is -0.391 e. The van der Waals surface area contributed by atoms with Crippen LogP contribution in [-0.4, -0.2) is 65.1 Å². The van der Waals surface area contributed by atoms with Crippen LogP contribution in [0, 0.1) is 0 Å². The van der Waals surface area contributed by atoms with Crippen molar-refractivity contribution in [1.82, 2.24) is 0 Å². The number of ether oxygens (including phenoxy) is 2. The molecule has 11 heteroatoms. The number of rotatable bonds is 16. The average molecular weight is 481 g/mol. The highest BCUT2D eigenvalue weighted by molar-refractivity contribution is 6.75. The van der Waals surface area contributed by atoms with E-state index in [0.29, 0.717) is 25.7 Å². The van der Waals surface area contributed by atoms with Crippen molar-refractivity contribution >= 4 is 17.1 Å². The zero-order valence-corrected chi connectivity index (χ0v) is 22.5. The molecular formula is C20H44N2O7Si2. The largest absolute Gasteiger partial charge is 0.414 e. The van der Waals surface area contributed by atoms with E-state index in [1.807, 2.05) is 41.5 Å². The van der Waals surface area contributed by atoms with E-state index < -0.39 is 33.0 Å². The Balaban J connectivity index is 3.17. The number of epoxide rings is 1. The Bertz CT molecular complexity index is 582. The molecule has 0 aromatic heterocycles. The lowest BCUT2D eigenvalue weighted by atomic mass is 9.94. The van der Waals surface area contributed by atoms with E-state index in [-0.39, 0.29) is 12.2 Å². The van der Waals surface area contributed by atoms with Crippen LogP contribution in [0.2, 0.25) is 11.1 Å². The standard InChI is InChI=1S/C20H44N2O7Si2/c1-10-30(28-21,20(8,9)23)27-18(4,5)19(6,7)31(29-22,26-16(2)3)13-11-12-24-14-17-15-25-17/h10,16-17,23H,1,11-15,21-22H2,2-9H3. The van der Waals surface area contributed by atoms with E-state index in [2.05, 4.69) is 6.58 Å². The van der Waals surface area contributed by atoms with Gasteiger partial charge in [-0.05, 0) is 59.7 Å². The van der Waals surface area contributed by atoms with Crippen LogP contribution < -0.4 is 11.8 Å². The molecule has 1 aliphatic rings. The third-order valence-corrected chi connectivity index (χ3v) is 14.4. The van der Waals surface area contributed by atoms with Crippen molar-refractivity contribution in [2.24, 2.45) is 11.8 Å². The van der Waals surface area contributed by atoms with Crippen LogP contribution in [0.4, 0.5) is 0 Å². The van der Waals surface area contributed by atoms with Crippen molar-refractivity contribution in [3.05, 3.63) is 12.3 Å². The Hall–Kier alpha value is -0.186. The minimum absolute atomic E-state index is 0.104. The Morgan fingerprint density at radius 2 is 1.74 bits per heavy atom. The summed E-state index contributed by atoms with van der Waals surface area (Å²) >= 11 is 0. The molecule has 1 heterocycles. The molecule has 5 N–H and O–H groups in total. The highest BCUT2D eigenvalue weighted by Gasteiger charge is 2.64. The number of nitrogens with two attached hydrogens (primary N) is 2. The number of hydrogen-bond donors (Lipinski definition) is 3. The number of aliphatic hydroxyl groups is 1. The van der Waals surface area contributed by atoms with Gasteiger partial charge in [0.2, 0.25) is 0 Å². The zero-order chi connectivity index (χ0) is 24.1. The van der Waals surface area contributed by atoms with Crippen LogP contribution in [0.15, 0.2) is 12.3 Å². The summed E-state index contributed by atoms with van der Waals surface area (Å²) in [5.74, 6) is 11.6. The molecule has 1 saturated heterocycles. The van der Waals surface area contributed by atoms with E-state index in [4.69, 9.17) is 39.2 Å². The summed E-state index contributed by atoms with van der Waals surface area (Å²) in [5.41, 5.74) is 0.602. The summed E-state index contributed by atoms with van der Waals surface area (Å²) < 4.78 is 34.8. The van der Waals surface area contributed by atoms with Crippen LogP contribution >= 0.6 is 0 Å². The highest BCUT2D eigenvalue weighted by Crippen LogP contribution is 2.53. The van der Waals surface area contributed by atoms with Crippen LogP contribution in [0.3, 0.4) is 0 Å². The fraction of sp³-hybridized carbons (Fsp3) is 0.900. The maximum atomic E-state index is 10.8. The Kier molecular flexibility index (Phi) is 10.1. The van der Waals surface area contributed by atoms with Gasteiger partial charge in [-0.25, -0.2) is 11.8 Å².